The second-order valence-electron chi connectivity index (χ2n) is 6.78. The van der Waals surface area contributed by atoms with Crippen LogP contribution in [0.5, 0.6) is 0 Å². The fourth-order valence-corrected chi connectivity index (χ4v) is 2.98. The zero-order valence-corrected chi connectivity index (χ0v) is 16.1. The molecule has 0 radical (unpaired) electrons. The van der Waals surface area contributed by atoms with Crippen LogP contribution < -0.4 is 4.90 Å². The van der Waals surface area contributed by atoms with Crippen molar-refractivity contribution in [3.63, 3.8) is 0 Å². The first-order valence-corrected chi connectivity index (χ1v) is 9.10. The van der Waals surface area contributed by atoms with E-state index >= 15 is 0 Å². The Kier molecular flexibility index (Phi) is 5.18. The smallest absolute Gasteiger partial charge is 0.257 e. The fourth-order valence-electron chi connectivity index (χ4n) is 2.98. The zero-order chi connectivity index (χ0) is 21.3. The van der Waals surface area contributed by atoms with Crippen molar-refractivity contribution in [3.05, 3.63) is 48.6 Å². The van der Waals surface area contributed by atoms with Crippen molar-refractivity contribution in [2.24, 2.45) is 5.92 Å². The van der Waals surface area contributed by atoms with Crippen molar-refractivity contribution in [2.45, 2.75) is 20.3 Å². The number of rotatable bonds is 4. The molecule has 7 nitrogen and oxygen atoms in total. The molecule has 0 aliphatic rings. The third-order valence-electron chi connectivity index (χ3n) is 4.22. The summed E-state index contributed by atoms with van der Waals surface area (Å²) in [7, 11) is 0. The predicted molar refractivity (Wildman–Crippen MR) is 105 cm³/mol. The van der Waals surface area contributed by atoms with Gasteiger partial charge in [0.25, 0.3) is 12.2 Å². The molecule has 0 aliphatic carbocycles. The van der Waals surface area contributed by atoms with Crippen LogP contribution >= 0.6 is 0 Å². The van der Waals surface area contributed by atoms with Crippen LogP contribution in [-0.4, -0.2) is 42.5 Å². The lowest BCUT2D eigenvalue weighted by atomic mass is 10.2. The number of pyridine rings is 2. The summed E-state index contributed by atoms with van der Waals surface area (Å²) >= 11 is 0. The third-order valence-corrected chi connectivity index (χ3v) is 4.22. The maximum atomic E-state index is 14.8. The molecule has 4 heterocycles. The quantitative estimate of drug-likeness (QED) is 0.478. The molecule has 4 aromatic rings. The normalized spacial score (nSPS) is 11.3. The lowest BCUT2D eigenvalue weighted by molar-refractivity contribution is 0.158. The van der Waals surface area contributed by atoms with E-state index in [1.165, 1.54) is 28.0 Å². The van der Waals surface area contributed by atoms with Crippen LogP contribution in [0.2, 0.25) is 0 Å². The molecule has 152 valence electrons. The van der Waals surface area contributed by atoms with Gasteiger partial charge in [0.05, 0.1) is 29.8 Å². The number of aromatic nitrogens is 6. The molecule has 10 heteroatoms. The highest BCUT2D eigenvalue weighted by molar-refractivity contribution is 5.93. The molecular weight excluding hydrogens is 395 g/mol. The van der Waals surface area contributed by atoms with Crippen LogP contribution in [0, 0.1) is 23.6 Å². The molecule has 0 aliphatic heterocycles. The molecule has 0 bridgehead atoms. The zero-order valence-electron chi connectivity index (χ0n) is 16.1. The van der Waals surface area contributed by atoms with E-state index in [-0.39, 0.29) is 22.9 Å². The maximum Gasteiger partial charge on any atom is 0.257 e. The molecule has 0 unspecified atom stereocenters. The first-order valence-electron chi connectivity index (χ1n) is 9.10. The molecule has 4 rings (SSSR count). The van der Waals surface area contributed by atoms with Crippen molar-refractivity contribution in [2.75, 3.05) is 11.4 Å². The Labute approximate surface area is 169 Å². The van der Waals surface area contributed by atoms with Gasteiger partial charge in [0, 0.05) is 17.8 Å². The second-order valence-corrected chi connectivity index (χ2v) is 6.78. The Morgan fingerprint density at radius 1 is 1.23 bits per heavy atom. The number of alkyl halides is 2. The number of fused-ring (bicyclic) bond motifs is 3. The van der Waals surface area contributed by atoms with E-state index in [4.69, 9.17) is 0 Å². The topological polar surface area (TPSA) is 72.1 Å². The minimum absolute atomic E-state index is 0.0142. The van der Waals surface area contributed by atoms with Gasteiger partial charge >= 0.3 is 0 Å². The Balaban J connectivity index is 1.95. The molecule has 0 saturated heterocycles. The van der Waals surface area contributed by atoms with Crippen LogP contribution in [0.4, 0.5) is 24.7 Å². The molecule has 0 spiro atoms. The summed E-state index contributed by atoms with van der Waals surface area (Å²) in [5.41, 5.74) is 1.08. The minimum Gasteiger partial charge on any atom is -0.320 e. The number of halogens is 3. The lowest BCUT2D eigenvalue weighted by Crippen LogP contribution is -2.26. The van der Waals surface area contributed by atoms with E-state index < -0.39 is 18.8 Å². The first kappa shape index (κ1) is 19.6. The first-order chi connectivity index (χ1) is 14.4. The van der Waals surface area contributed by atoms with Gasteiger partial charge in [-0.3, -0.25) is 9.38 Å². The third kappa shape index (κ3) is 3.74. The van der Waals surface area contributed by atoms with Gasteiger partial charge < -0.3 is 4.90 Å². The Morgan fingerprint density at radius 2 is 2.07 bits per heavy atom. The van der Waals surface area contributed by atoms with Crippen molar-refractivity contribution in [1.82, 2.24) is 29.5 Å². The van der Waals surface area contributed by atoms with Gasteiger partial charge in [0.2, 0.25) is 0 Å². The highest BCUT2D eigenvalue weighted by atomic mass is 19.3. The van der Waals surface area contributed by atoms with Gasteiger partial charge in [-0.2, -0.15) is 4.98 Å². The van der Waals surface area contributed by atoms with Crippen LogP contribution in [0.3, 0.4) is 0 Å². The fraction of sp³-hybridized carbons (Fsp3) is 0.250. The van der Waals surface area contributed by atoms with Crippen molar-refractivity contribution < 1.29 is 13.2 Å². The van der Waals surface area contributed by atoms with Gasteiger partial charge in [0.15, 0.2) is 5.82 Å². The summed E-state index contributed by atoms with van der Waals surface area (Å²) in [6, 6.07) is 3.11. The molecule has 30 heavy (non-hydrogen) atoms. The van der Waals surface area contributed by atoms with E-state index in [1.807, 2.05) is 13.8 Å². The highest BCUT2D eigenvalue weighted by Crippen LogP contribution is 2.33. The Morgan fingerprint density at radius 3 is 2.83 bits per heavy atom. The number of nitrogens with zero attached hydrogens (tertiary/aromatic N) is 7. The maximum absolute atomic E-state index is 14.8. The molecular formula is C20H16F3N7. The molecule has 0 amide bonds. The van der Waals surface area contributed by atoms with Crippen LogP contribution in [0.25, 0.3) is 16.7 Å². The molecule has 0 saturated carbocycles. The summed E-state index contributed by atoms with van der Waals surface area (Å²) in [6.45, 7) is 3.15. The van der Waals surface area contributed by atoms with Crippen molar-refractivity contribution in [3.8, 4) is 11.8 Å². The molecule has 4 aromatic heterocycles. The molecule has 0 atom stereocenters. The summed E-state index contributed by atoms with van der Waals surface area (Å²) in [6.07, 6.45) is 2.54. The largest absolute Gasteiger partial charge is 0.320 e. The van der Waals surface area contributed by atoms with Crippen LogP contribution in [-0.2, 0) is 0 Å². The van der Waals surface area contributed by atoms with Gasteiger partial charge in [-0.25, -0.2) is 18.2 Å². The molecule has 0 N–H and O–H groups in total. The lowest BCUT2D eigenvalue weighted by Gasteiger charge is -2.25. The van der Waals surface area contributed by atoms with Crippen LogP contribution in [0.1, 0.15) is 19.5 Å². The molecule has 0 aromatic carbocycles. The van der Waals surface area contributed by atoms with Gasteiger partial charge in [-0.05, 0) is 18.1 Å². The number of hydrogen-bond donors (Lipinski definition) is 0. The standard InChI is InChI=1S/C20H16F3N7/c1-12(2)3-4-13-7-14(5-6-25-13)29(10-17(22)23)19-18-15(21)8-24-9-16(18)30-11-26-28-20(30)27-19/h5-9,11-12,17H,10H2,1-2H3. The van der Waals surface area contributed by atoms with Gasteiger partial charge in [-0.15, -0.1) is 10.2 Å². The number of hydrogen-bond acceptors (Lipinski definition) is 6. The van der Waals surface area contributed by atoms with E-state index in [2.05, 4.69) is 37.0 Å². The predicted octanol–water partition coefficient (Wildman–Crippen LogP) is 3.62. The van der Waals surface area contributed by atoms with E-state index in [0.29, 0.717) is 16.9 Å². The van der Waals surface area contributed by atoms with E-state index in [1.54, 1.807) is 12.1 Å². The summed E-state index contributed by atoms with van der Waals surface area (Å²) in [4.78, 5) is 13.6. The molecule has 0 fully saturated rings. The minimum atomic E-state index is -2.71. The summed E-state index contributed by atoms with van der Waals surface area (Å²) in [5.74, 6) is 5.44. The second kappa shape index (κ2) is 7.94. The summed E-state index contributed by atoms with van der Waals surface area (Å²) in [5, 5.41) is 7.69. The van der Waals surface area contributed by atoms with Gasteiger partial charge in [0.1, 0.15) is 17.8 Å². The average Bonchev–Trinajstić information content (AvgIpc) is 3.19. The van der Waals surface area contributed by atoms with E-state index in [0.717, 1.165) is 6.20 Å². The average molecular weight is 411 g/mol. The monoisotopic (exact) mass is 411 g/mol. The Bertz CT molecular complexity index is 1270. The number of anilines is 2. The van der Waals surface area contributed by atoms with Crippen molar-refractivity contribution in [1.29, 1.82) is 0 Å². The highest BCUT2D eigenvalue weighted by Gasteiger charge is 2.23. The SMILES string of the molecule is CC(C)C#Cc1cc(N(CC(F)F)c2nc3nncn3c3cncc(F)c23)ccn1. The van der Waals surface area contributed by atoms with Gasteiger partial charge in [-0.1, -0.05) is 19.8 Å². The van der Waals surface area contributed by atoms with Crippen molar-refractivity contribution >= 4 is 28.2 Å². The van der Waals surface area contributed by atoms with E-state index in [9.17, 15) is 13.2 Å². The summed E-state index contributed by atoms with van der Waals surface area (Å²) < 4.78 is 43.2. The Hall–Kier alpha value is -3.74. The van der Waals surface area contributed by atoms with Crippen LogP contribution in [0.15, 0.2) is 37.1 Å².